The maximum absolute atomic E-state index is 12.7. The summed E-state index contributed by atoms with van der Waals surface area (Å²) in [4.78, 5) is -0.107. The third-order valence-electron chi connectivity index (χ3n) is 2.50. The number of benzene rings is 2. The Bertz CT molecular complexity index is 686. The predicted octanol–water partition coefficient (Wildman–Crippen LogP) is 3.26. The summed E-state index contributed by atoms with van der Waals surface area (Å²) in [5.74, 6) is 0.00483. The molecule has 0 N–H and O–H groups in total. The van der Waals surface area contributed by atoms with Crippen LogP contribution < -0.4 is 4.74 Å². The zero-order valence-electron chi connectivity index (χ0n) is 10.1. The second-order valence-corrected chi connectivity index (χ2v) is 5.79. The van der Waals surface area contributed by atoms with Crippen LogP contribution in [0.3, 0.4) is 0 Å². The Hall–Kier alpha value is -1.63. The van der Waals surface area contributed by atoms with Gasteiger partial charge in [0.2, 0.25) is 0 Å². The van der Waals surface area contributed by atoms with Crippen molar-refractivity contribution < 1.29 is 21.3 Å². The van der Waals surface area contributed by atoms with Crippen molar-refractivity contribution in [3.05, 3.63) is 59.9 Å². The highest BCUT2D eigenvalue weighted by Crippen LogP contribution is 2.21. The Labute approximate surface area is 121 Å². The fraction of sp³-hybridized carbons (Fsp3) is 0.0769. The summed E-state index contributed by atoms with van der Waals surface area (Å²) in [5.41, 5.74) is 0.758. The molecule has 7 heteroatoms. The SMILES string of the molecule is O=S(=O)(OCl)c1cccc(OCc2ccc(F)cc2)c1. The second-order valence-electron chi connectivity index (χ2n) is 3.91. The molecule has 0 atom stereocenters. The van der Waals surface area contributed by atoms with Gasteiger partial charge in [-0.3, -0.25) is 0 Å². The van der Waals surface area contributed by atoms with Crippen LogP contribution in [0.5, 0.6) is 5.75 Å². The average Bonchev–Trinajstić information content (AvgIpc) is 2.47. The molecule has 2 aromatic rings. The molecule has 0 heterocycles. The second kappa shape index (κ2) is 6.21. The van der Waals surface area contributed by atoms with Crippen molar-refractivity contribution in [2.75, 3.05) is 0 Å². The molecule has 0 aromatic heterocycles. The predicted molar refractivity (Wildman–Crippen MR) is 71.3 cm³/mol. The number of hydrogen-bond acceptors (Lipinski definition) is 4. The summed E-state index contributed by atoms with van der Waals surface area (Å²) in [6.45, 7) is 0.186. The minimum atomic E-state index is -3.97. The van der Waals surface area contributed by atoms with E-state index in [4.69, 9.17) is 16.6 Å². The summed E-state index contributed by atoms with van der Waals surface area (Å²) in [6.07, 6.45) is 0. The van der Waals surface area contributed by atoms with E-state index in [-0.39, 0.29) is 17.3 Å². The average molecular weight is 317 g/mol. The summed E-state index contributed by atoms with van der Waals surface area (Å²) in [5, 5.41) is 0. The fourth-order valence-corrected chi connectivity index (χ4v) is 2.30. The van der Waals surface area contributed by atoms with Crippen LogP contribution in [0.2, 0.25) is 0 Å². The first-order valence-electron chi connectivity index (χ1n) is 5.54. The molecule has 4 nitrogen and oxygen atoms in total. The van der Waals surface area contributed by atoms with E-state index >= 15 is 0 Å². The molecule has 0 bridgehead atoms. The highest BCUT2D eigenvalue weighted by Gasteiger charge is 2.15. The number of halogens is 2. The van der Waals surface area contributed by atoms with Gasteiger partial charge in [0.05, 0.1) is 16.8 Å². The molecular weight excluding hydrogens is 307 g/mol. The Morgan fingerprint density at radius 3 is 2.45 bits per heavy atom. The van der Waals surface area contributed by atoms with Crippen LogP contribution >= 0.6 is 11.9 Å². The molecule has 0 spiro atoms. The highest BCUT2D eigenvalue weighted by atomic mass is 35.5. The summed E-state index contributed by atoms with van der Waals surface area (Å²) < 4.78 is 44.9. The molecule has 2 aromatic carbocycles. The van der Waals surface area contributed by atoms with Crippen molar-refractivity contribution in [1.29, 1.82) is 0 Å². The van der Waals surface area contributed by atoms with Gasteiger partial charge in [-0.2, -0.15) is 12.2 Å². The van der Waals surface area contributed by atoms with Crippen LogP contribution in [0.15, 0.2) is 53.4 Å². The Kier molecular flexibility index (Phi) is 4.59. The molecule has 2 rings (SSSR count). The van der Waals surface area contributed by atoms with Gasteiger partial charge in [0, 0.05) is 6.07 Å². The lowest BCUT2D eigenvalue weighted by molar-refractivity contribution is 0.305. The zero-order valence-corrected chi connectivity index (χ0v) is 11.7. The van der Waals surface area contributed by atoms with E-state index < -0.39 is 10.1 Å². The largest absolute Gasteiger partial charge is 0.489 e. The summed E-state index contributed by atoms with van der Waals surface area (Å²) in [7, 11) is -3.97. The first kappa shape index (κ1) is 14.8. The minimum absolute atomic E-state index is 0.107. The van der Waals surface area contributed by atoms with Crippen molar-refractivity contribution >= 4 is 22.0 Å². The van der Waals surface area contributed by atoms with E-state index in [9.17, 15) is 12.8 Å². The molecule has 106 valence electrons. The topological polar surface area (TPSA) is 52.6 Å². The van der Waals surface area contributed by atoms with Crippen LogP contribution in [0.1, 0.15) is 5.56 Å². The summed E-state index contributed by atoms with van der Waals surface area (Å²) in [6, 6.07) is 11.5. The van der Waals surface area contributed by atoms with Crippen LogP contribution in [0.25, 0.3) is 0 Å². The molecule has 0 radical (unpaired) electrons. The molecule has 0 saturated heterocycles. The van der Waals surface area contributed by atoms with E-state index in [0.717, 1.165) is 5.56 Å². The van der Waals surface area contributed by atoms with E-state index in [2.05, 4.69) is 3.74 Å². The minimum Gasteiger partial charge on any atom is -0.489 e. The van der Waals surface area contributed by atoms with E-state index in [0.29, 0.717) is 5.75 Å². The smallest absolute Gasteiger partial charge is 0.313 e. The van der Waals surface area contributed by atoms with Gasteiger partial charge in [-0.15, -0.1) is 0 Å². The molecule has 20 heavy (non-hydrogen) atoms. The molecule has 0 unspecified atom stereocenters. The maximum atomic E-state index is 12.7. The number of ether oxygens (including phenoxy) is 1. The van der Waals surface area contributed by atoms with Crippen molar-refractivity contribution in [3.8, 4) is 5.75 Å². The first-order valence-corrected chi connectivity index (χ1v) is 7.25. The van der Waals surface area contributed by atoms with Crippen LogP contribution in [-0.2, 0) is 20.5 Å². The van der Waals surface area contributed by atoms with Crippen LogP contribution in [-0.4, -0.2) is 8.42 Å². The standard InChI is InChI=1S/C13H10ClFO4S/c14-19-20(16,17)13-3-1-2-12(8-13)18-9-10-4-6-11(15)7-5-10/h1-8H,9H2. The third kappa shape index (κ3) is 3.69. The first-order chi connectivity index (χ1) is 9.51. The van der Waals surface area contributed by atoms with Crippen molar-refractivity contribution in [2.24, 2.45) is 0 Å². The highest BCUT2D eigenvalue weighted by molar-refractivity contribution is 7.87. The third-order valence-corrected chi connectivity index (χ3v) is 3.99. The van der Waals surface area contributed by atoms with Gasteiger partial charge in [-0.1, -0.05) is 18.2 Å². The molecule has 0 fully saturated rings. The van der Waals surface area contributed by atoms with Crippen LogP contribution in [0.4, 0.5) is 4.39 Å². The van der Waals surface area contributed by atoms with E-state index in [1.807, 2.05) is 0 Å². The van der Waals surface area contributed by atoms with Gasteiger partial charge in [0.25, 0.3) is 0 Å². The Morgan fingerprint density at radius 2 is 1.80 bits per heavy atom. The summed E-state index contributed by atoms with van der Waals surface area (Å²) >= 11 is 4.90. The lowest BCUT2D eigenvalue weighted by Crippen LogP contribution is -2.01. The molecule has 0 saturated carbocycles. The lowest BCUT2D eigenvalue weighted by Gasteiger charge is -2.07. The van der Waals surface area contributed by atoms with Crippen molar-refractivity contribution in [3.63, 3.8) is 0 Å². The van der Waals surface area contributed by atoms with Gasteiger partial charge in [-0.25, -0.2) is 4.39 Å². The lowest BCUT2D eigenvalue weighted by atomic mass is 10.2. The Morgan fingerprint density at radius 1 is 1.10 bits per heavy atom. The Balaban J connectivity index is 2.11. The van der Waals surface area contributed by atoms with Gasteiger partial charge >= 0.3 is 10.1 Å². The van der Waals surface area contributed by atoms with Gasteiger partial charge in [-0.05, 0) is 29.8 Å². The van der Waals surface area contributed by atoms with Gasteiger partial charge in [0.1, 0.15) is 18.2 Å². The van der Waals surface area contributed by atoms with Gasteiger partial charge < -0.3 is 4.74 Å². The molecule has 0 aliphatic heterocycles. The molecule has 0 aliphatic rings. The molecular formula is C13H10ClFO4S. The van der Waals surface area contributed by atoms with Crippen molar-refractivity contribution in [1.82, 2.24) is 0 Å². The van der Waals surface area contributed by atoms with Crippen molar-refractivity contribution in [2.45, 2.75) is 11.5 Å². The normalized spacial score (nSPS) is 11.3. The molecule has 0 aliphatic carbocycles. The number of hydrogen-bond donors (Lipinski definition) is 0. The monoisotopic (exact) mass is 316 g/mol. The van der Waals surface area contributed by atoms with Crippen LogP contribution in [0, 0.1) is 5.82 Å². The number of rotatable bonds is 5. The zero-order chi connectivity index (χ0) is 14.6. The quantitative estimate of drug-likeness (QED) is 0.849. The fourth-order valence-electron chi connectivity index (χ4n) is 1.50. The van der Waals surface area contributed by atoms with E-state index in [1.165, 1.54) is 30.3 Å². The van der Waals surface area contributed by atoms with Gasteiger partial charge in [0.15, 0.2) is 0 Å². The molecule has 0 amide bonds. The van der Waals surface area contributed by atoms with E-state index in [1.54, 1.807) is 18.2 Å². The maximum Gasteiger partial charge on any atom is 0.313 e.